The number of rotatable bonds is 6. The summed E-state index contributed by atoms with van der Waals surface area (Å²) in [5.74, 6) is 0.710. The number of anilines is 2. The van der Waals surface area contributed by atoms with Crippen molar-refractivity contribution in [2.75, 3.05) is 37.5 Å². The lowest BCUT2D eigenvalue weighted by atomic mass is 9.98. The van der Waals surface area contributed by atoms with E-state index in [9.17, 15) is 5.26 Å². The number of nitrogens with one attached hydrogen (secondary N) is 1. The van der Waals surface area contributed by atoms with Gasteiger partial charge in [-0.3, -0.25) is 4.98 Å². The molecular formula is C26H31N7O. The van der Waals surface area contributed by atoms with E-state index in [1.807, 2.05) is 39.3 Å². The van der Waals surface area contributed by atoms with E-state index < -0.39 is 0 Å². The first-order valence-electron chi connectivity index (χ1n) is 11.9. The van der Waals surface area contributed by atoms with Crippen molar-refractivity contribution in [2.45, 2.75) is 51.4 Å². The van der Waals surface area contributed by atoms with Gasteiger partial charge in [0.15, 0.2) is 5.82 Å². The number of fused-ring (bicyclic) bond motifs is 3. The fourth-order valence-electron chi connectivity index (χ4n) is 5.31. The van der Waals surface area contributed by atoms with Crippen LogP contribution in [0, 0.1) is 18.3 Å². The van der Waals surface area contributed by atoms with Crippen molar-refractivity contribution in [3.8, 4) is 6.07 Å². The molecule has 0 saturated carbocycles. The molecular weight excluding hydrogens is 426 g/mol. The number of hydrogen-bond acceptors (Lipinski definition) is 8. The molecule has 8 heteroatoms. The maximum absolute atomic E-state index is 9.44. The van der Waals surface area contributed by atoms with Crippen LogP contribution < -0.4 is 10.2 Å². The Kier molecular flexibility index (Phi) is 6.07. The quantitative estimate of drug-likeness (QED) is 0.598. The maximum Gasteiger partial charge on any atom is 0.158 e. The smallest absolute Gasteiger partial charge is 0.158 e. The fourth-order valence-corrected chi connectivity index (χ4v) is 5.31. The second kappa shape index (κ2) is 9.16. The number of morpholine rings is 1. The molecule has 1 N–H and O–H groups in total. The lowest BCUT2D eigenvalue weighted by molar-refractivity contribution is 0.0906. The Morgan fingerprint density at radius 3 is 2.71 bits per heavy atom. The molecule has 3 atom stereocenters. The van der Waals surface area contributed by atoms with Crippen LogP contribution in [-0.4, -0.2) is 59.5 Å². The molecule has 2 fully saturated rings. The van der Waals surface area contributed by atoms with Gasteiger partial charge in [-0.2, -0.15) is 5.26 Å². The molecule has 2 aromatic heterocycles. The molecule has 0 radical (unpaired) electrons. The Hall–Kier alpha value is -3.28. The summed E-state index contributed by atoms with van der Waals surface area (Å²) in [6, 6.07) is 11.1. The summed E-state index contributed by atoms with van der Waals surface area (Å²) in [7, 11) is 4.04. The fraction of sp³-hybridized carbons (Fsp3) is 0.462. The highest BCUT2D eigenvalue weighted by molar-refractivity contribution is 5.92. The zero-order valence-corrected chi connectivity index (χ0v) is 20.2. The van der Waals surface area contributed by atoms with E-state index in [0.717, 1.165) is 59.5 Å². The summed E-state index contributed by atoms with van der Waals surface area (Å²) in [5, 5.41) is 23.1. The van der Waals surface area contributed by atoms with Crippen molar-refractivity contribution in [2.24, 2.45) is 0 Å². The van der Waals surface area contributed by atoms with Crippen LogP contribution in [0.4, 0.5) is 11.5 Å². The highest BCUT2D eigenvalue weighted by Gasteiger charge is 2.37. The SMILES string of the molecule is Cc1c(C#N)cccc1[C@@H](C)Nc1nnc(CN(C)C)c2ncc(N3C4CCC3COC4)cc12. The summed E-state index contributed by atoms with van der Waals surface area (Å²) in [6.07, 6.45) is 4.28. The largest absolute Gasteiger partial charge is 0.377 e. The van der Waals surface area contributed by atoms with Gasteiger partial charge in [0.1, 0.15) is 5.69 Å². The number of aromatic nitrogens is 3. The Bertz CT molecular complexity index is 1240. The van der Waals surface area contributed by atoms with E-state index in [2.05, 4.69) is 50.4 Å². The van der Waals surface area contributed by atoms with Gasteiger partial charge in [-0.1, -0.05) is 12.1 Å². The lowest BCUT2D eigenvalue weighted by Crippen LogP contribution is -2.46. The van der Waals surface area contributed by atoms with E-state index in [1.54, 1.807) is 0 Å². The lowest BCUT2D eigenvalue weighted by Gasteiger charge is -2.36. The molecule has 3 aromatic rings. The number of hydrogen-bond donors (Lipinski definition) is 1. The van der Waals surface area contributed by atoms with Gasteiger partial charge in [-0.25, -0.2) is 0 Å². The molecule has 0 aliphatic carbocycles. The van der Waals surface area contributed by atoms with Gasteiger partial charge in [-0.05, 0) is 64.0 Å². The molecule has 4 heterocycles. The molecule has 2 aliphatic rings. The van der Waals surface area contributed by atoms with Gasteiger partial charge in [0, 0.05) is 11.9 Å². The summed E-state index contributed by atoms with van der Waals surface area (Å²) in [4.78, 5) is 9.46. The molecule has 5 rings (SSSR count). The highest BCUT2D eigenvalue weighted by Crippen LogP contribution is 2.36. The predicted octanol–water partition coefficient (Wildman–Crippen LogP) is 3.81. The number of benzene rings is 1. The first-order valence-corrected chi connectivity index (χ1v) is 11.9. The van der Waals surface area contributed by atoms with E-state index in [4.69, 9.17) is 9.72 Å². The zero-order chi connectivity index (χ0) is 23.8. The Morgan fingerprint density at radius 2 is 2.00 bits per heavy atom. The van der Waals surface area contributed by atoms with Crippen LogP contribution in [0.3, 0.4) is 0 Å². The van der Waals surface area contributed by atoms with Crippen molar-refractivity contribution >= 4 is 22.4 Å². The molecule has 8 nitrogen and oxygen atoms in total. The Balaban J connectivity index is 1.56. The van der Waals surface area contributed by atoms with Gasteiger partial charge >= 0.3 is 0 Å². The van der Waals surface area contributed by atoms with Gasteiger partial charge in [0.25, 0.3) is 0 Å². The van der Waals surface area contributed by atoms with Gasteiger partial charge in [-0.15, -0.1) is 10.2 Å². The minimum atomic E-state index is -0.0475. The topological polar surface area (TPSA) is 90.2 Å². The van der Waals surface area contributed by atoms with Gasteiger partial charge < -0.3 is 19.9 Å². The molecule has 2 saturated heterocycles. The third-order valence-electron chi connectivity index (χ3n) is 6.99. The average Bonchev–Trinajstić information content (AvgIpc) is 3.08. The summed E-state index contributed by atoms with van der Waals surface area (Å²) in [6.45, 7) is 6.28. The monoisotopic (exact) mass is 457 g/mol. The average molecular weight is 458 g/mol. The second-order valence-electron chi connectivity index (χ2n) is 9.65. The van der Waals surface area contributed by atoms with E-state index >= 15 is 0 Å². The molecule has 176 valence electrons. The summed E-state index contributed by atoms with van der Waals surface area (Å²) in [5.41, 5.74) is 5.58. The van der Waals surface area contributed by atoms with E-state index in [1.165, 1.54) is 0 Å². The Labute approximate surface area is 200 Å². The van der Waals surface area contributed by atoms with Crippen molar-refractivity contribution in [3.63, 3.8) is 0 Å². The molecule has 1 aromatic carbocycles. The molecule has 34 heavy (non-hydrogen) atoms. The van der Waals surface area contributed by atoms with Crippen molar-refractivity contribution in [1.82, 2.24) is 20.1 Å². The van der Waals surface area contributed by atoms with Crippen LogP contribution in [0.15, 0.2) is 30.5 Å². The van der Waals surface area contributed by atoms with Crippen LogP contribution in [0.1, 0.15) is 48.2 Å². The standard InChI is InChI=1S/C26H31N7O/c1-16-18(11-27)6-5-7-22(16)17(2)29-26-23-10-21(33-19-8-9-20(33)15-34-14-19)12-28-25(23)24(30-31-26)13-32(3)4/h5-7,10,12,17,19-20H,8-9,13-15H2,1-4H3,(H,29,31)/t17-,19?,20?/m1/s1. The number of nitrogens with zero attached hydrogens (tertiary/aromatic N) is 6. The van der Waals surface area contributed by atoms with Crippen LogP contribution in [0.5, 0.6) is 0 Å². The first kappa shape index (κ1) is 22.5. The molecule has 0 amide bonds. The van der Waals surface area contributed by atoms with Crippen LogP contribution in [0.2, 0.25) is 0 Å². The second-order valence-corrected chi connectivity index (χ2v) is 9.65. The number of ether oxygens (including phenoxy) is 1. The predicted molar refractivity (Wildman–Crippen MR) is 133 cm³/mol. The number of nitriles is 1. The van der Waals surface area contributed by atoms with Crippen LogP contribution in [0.25, 0.3) is 10.9 Å². The third-order valence-corrected chi connectivity index (χ3v) is 6.99. The maximum atomic E-state index is 9.44. The minimum Gasteiger partial charge on any atom is -0.377 e. The molecule has 2 bridgehead atoms. The highest BCUT2D eigenvalue weighted by atomic mass is 16.5. The van der Waals surface area contributed by atoms with Gasteiger partial charge in [0.2, 0.25) is 0 Å². The Morgan fingerprint density at radius 1 is 1.24 bits per heavy atom. The molecule has 2 unspecified atom stereocenters. The van der Waals surface area contributed by atoms with Crippen molar-refractivity contribution in [1.29, 1.82) is 5.26 Å². The normalized spacial score (nSPS) is 20.5. The van der Waals surface area contributed by atoms with E-state index in [0.29, 0.717) is 30.0 Å². The summed E-state index contributed by atoms with van der Waals surface area (Å²) < 4.78 is 5.79. The minimum absolute atomic E-state index is 0.0475. The van der Waals surface area contributed by atoms with E-state index in [-0.39, 0.29) is 6.04 Å². The first-order chi connectivity index (χ1) is 16.5. The third kappa shape index (κ3) is 4.06. The van der Waals surface area contributed by atoms with Crippen LogP contribution in [-0.2, 0) is 11.3 Å². The van der Waals surface area contributed by atoms with Crippen molar-refractivity contribution in [3.05, 3.63) is 52.8 Å². The van der Waals surface area contributed by atoms with Crippen LogP contribution >= 0.6 is 0 Å². The number of pyridine rings is 1. The zero-order valence-electron chi connectivity index (χ0n) is 20.2. The van der Waals surface area contributed by atoms with Crippen molar-refractivity contribution < 1.29 is 4.74 Å². The van der Waals surface area contributed by atoms with Gasteiger partial charge in [0.05, 0.1) is 60.4 Å². The molecule has 0 spiro atoms. The summed E-state index contributed by atoms with van der Waals surface area (Å²) >= 11 is 0. The molecule has 2 aliphatic heterocycles.